The number of carbonyl (C=O) groups is 1. The second kappa shape index (κ2) is 7.12. The highest BCUT2D eigenvalue weighted by Gasteiger charge is 2.10. The fourth-order valence-corrected chi connectivity index (χ4v) is 2.62. The number of likely N-dealkylation sites (N-methyl/N-ethyl adjacent to an activating group) is 1. The summed E-state index contributed by atoms with van der Waals surface area (Å²) in [5.74, 6) is -0.111. The number of carbonyl (C=O) groups excluding carboxylic acids is 1. The Bertz CT molecular complexity index is 755. The van der Waals surface area contributed by atoms with Crippen molar-refractivity contribution in [3.05, 3.63) is 53.8 Å². The van der Waals surface area contributed by atoms with E-state index in [2.05, 4.69) is 20.6 Å². The summed E-state index contributed by atoms with van der Waals surface area (Å²) in [7, 11) is 1.89. The van der Waals surface area contributed by atoms with Crippen LogP contribution in [0.15, 0.2) is 48.2 Å². The monoisotopic (exact) mass is 328 g/mol. The average molecular weight is 328 g/mol. The lowest BCUT2D eigenvalue weighted by molar-refractivity contribution is -0.117. The molecule has 0 aliphatic rings. The SMILES string of the molecule is CN(CC(=O)Nc1nncs1)Cc1cnn(-c2ccccc2)c1. The molecule has 8 heteroatoms. The Hall–Kier alpha value is -2.58. The van der Waals surface area contributed by atoms with Crippen LogP contribution in [-0.2, 0) is 11.3 Å². The Labute approximate surface area is 137 Å². The van der Waals surface area contributed by atoms with Gasteiger partial charge in [0.05, 0.1) is 18.4 Å². The maximum Gasteiger partial charge on any atom is 0.240 e. The number of anilines is 1. The fraction of sp³-hybridized carbons (Fsp3) is 0.200. The van der Waals surface area contributed by atoms with Crippen LogP contribution in [-0.4, -0.2) is 44.4 Å². The summed E-state index contributed by atoms with van der Waals surface area (Å²) in [6.07, 6.45) is 3.78. The Kier molecular flexibility index (Phi) is 4.74. The molecule has 23 heavy (non-hydrogen) atoms. The second-order valence-corrected chi connectivity index (χ2v) is 5.93. The Morgan fingerprint density at radius 1 is 1.35 bits per heavy atom. The highest BCUT2D eigenvalue weighted by Crippen LogP contribution is 2.10. The van der Waals surface area contributed by atoms with Gasteiger partial charge in [-0.2, -0.15) is 5.10 Å². The van der Waals surface area contributed by atoms with Gasteiger partial charge in [-0.05, 0) is 19.2 Å². The molecule has 1 amide bonds. The lowest BCUT2D eigenvalue weighted by atomic mass is 10.3. The van der Waals surface area contributed by atoms with Crippen LogP contribution in [0, 0.1) is 0 Å². The number of aromatic nitrogens is 4. The van der Waals surface area contributed by atoms with E-state index in [4.69, 9.17) is 0 Å². The van der Waals surface area contributed by atoms with E-state index < -0.39 is 0 Å². The second-order valence-electron chi connectivity index (χ2n) is 5.09. The molecule has 0 aliphatic carbocycles. The molecule has 0 bridgehead atoms. The fourth-order valence-electron chi connectivity index (χ4n) is 2.16. The molecule has 0 saturated heterocycles. The molecule has 0 saturated carbocycles. The summed E-state index contributed by atoms with van der Waals surface area (Å²) in [6.45, 7) is 0.909. The Morgan fingerprint density at radius 2 is 2.17 bits per heavy atom. The minimum atomic E-state index is -0.111. The quantitative estimate of drug-likeness (QED) is 0.747. The molecule has 0 fully saturated rings. The minimum absolute atomic E-state index is 0.111. The Balaban J connectivity index is 1.55. The lowest BCUT2D eigenvalue weighted by Gasteiger charge is -2.14. The molecule has 2 aromatic heterocycles. The predicted molar refractivity (Wildman–Crippen MR) is 88.4 cm³/mol. The van der Waals surface area contributed by atoms with Crippen LogP contribution in [0.2, 0.25) is 0 Å². The number of rotatable bonds is 6. The first kappa shape index (κ1) is 15.3. The maximum atomic E-state index is 11.9. The number of hydrogen-bond donors (Lipinski definition) is 1. The summed E-state index contributed by atoms with van der Waals surface area (Å²) in [5, 5.41) is 15.1. The van der Waals surface area contributed by atoms with Crippen LogP contribution >= 0.6 is 11.3 Å². The molecular formula is C15H16N6OS. The summed E-state index contributed by atoms with van der Waals surface area (Å²) < 4.78 is 1.82. The molecule has 0 radical (unpaired) electrons. The molecule has 0 aliphatic heterocycles. The van der Waals surface area contributed by atoms with E-state index >= 15 is 0 Å². The number of benzene rings is 1. The van der Waals surface area contributed by atoms with E-state index in [1.54, 1.807) is 5.51 Å². The molecule has 118 valence electrons. The molecule has 0 spiro atoms. The average Bonchev–Trinajstić information content (AvgIpc) is 3.20. The van der Waals surface area contributed by atoms with Crippen molar-refractivity contribution in [2.45, 2.75) is 6.54 Å². The molecule has 3 aromatic rings. The van der Waals surface area contributed by atoms with Gasteiger partial charge in [-0.25, -0.2) is 4.68 Å². The van der Waals surface area contributed by atoms with Gasteiger partial charge in [0.15, 0.2) is 0 Å². The van der Waals surface area contributed by atoms with Gasteiger partial charge in [-0.3, -0.25) is 15.0 Å². The van der Waals surface area contributed by atoms with Crippen LogP contribution in [0.3, 0.4) is 0 Å². The van der Waals surface area contributed by atoms with Crippen LogP contribution in [0.5, 0.6) is 0 Å². The number of amides is 1. The Morgan fingerprint density at radius 3 is 2.91 bits per heavy atom. The van der Waals surface area contributed by atoms with Crippen molar-refractivity contribution in [3.63, 3.8) is 0 Å². The number of hydrogen-bond acceptors (Lipinski definition) is 6. The molecule has 1 N–H and O–H groups in total. The zero-order valence-corrected chi connectivity index (χ0v) is 13.4. The molecule has 0 unspecified atom stereocenters. The van der Waals surface area contributed by atoms with E-state index in [1.807, 2.05) is 59.4 Å². The number of para-hydroxylation sites is 1. The largest absolute Gasteiger partial charge is 0.299 e. The van der Waals surface area contributed by atoms with Crippen molar-refractivity contribution >= 4 is 22.4 Å². The lowest BCUT2D eigenvalue weighted by Crippen LogP contribution is -2.29. The first-order valence-corrected chi connectivity index (χ1v) is 7.92. The smallest absolute Gasteiger partial charge is 0.240 e. The molecule has 0 atom stereocenters. The van der Waals surface area contributed by atoms with Crippen molar-refractivity contribution < 1.29 is 4.79 Å². The normalized spacial score (nSPS) is 10.9. The van der Waals surface area contributed by atoms with Gasteiger partial charge >= 0.3 is 0 Å². The summed E-state index contributed by atoms with van der Waals surface area (Å²) in [4.78, 5) is 13.8. The molecule has 7 nitrogen and oxygen atoms in total. The van der Waals surface area contributed by atoms with Crippen molar-refractivity contribution in [3.8, 4) is 5.69 Å². The van der Waals surface area contributed by atoms with Crippen LogP contribution in [0.1, 0.15) is 5.56 Å². The topological polar surface area (TPSA) is 75.9 Å². The summed E-state index contributed by atoms with van der Waals surface area (Å²) in [6, 6.07) is 9.91. The van der Waals surface area contributed by atoms with Crippen molar-refractivity contribution in [2.75, 3.05) is 18.9 Å². The zero-order valence-electron chi connectivity index (χ0n) is 12.6. The van der Waals surface area contributed by atoms with Gasteiger partial charge in [0.25, 0.3) is 0 Å². The number of nitrogens with one attached hydrogen (secondary N) is 1. The van der Waals surface area contributed by atoms with Gasteiger partial charge in [0.1, 0.15) is 5.51 Å². The van der Waals surface area contributed by atoms with E-state index in [0.717, 1.165) is 11.3 Å². The standard InChI is InChI=1S/C15H16N6OS/c1-20(10-14(22)18-15-19-16-11-23-15)8-12-7-17-21(9-12)13-5-3-2-4-6-13/h2-7,9,11H,8,10H2,1H3,(H,18,19,22). The van der Waals surface area contributed by atoms with E-state index in [9.17, 15) is 4.79 Å². The van der Waals surface area contributed by atoms with E-state index in [0.29, 0.717) is 11.7 Å². The van der Waals surface area contributed by atoms with Crippen LogP contribution in [0.25, 0.3) is 5.69 Å². The van der Waals surface area contributed by atoms with Crippen LogP contribution < -0.4 is 5.32 Å². The third kappa shape index (κ3) is 4.21. The molecule has 3 rings (SSSR count). The zero-order chi connectivity index (χ0) is 16.1. The number of nitrogens with zero attached hydrogens (tertiary/aromatic N) is 5. The summed E-state index contributed by atoms with van der Waals surface area (Å²) in [5.41, 5.74) is 3.63. The third-order valence-electron chi connectivity index (χ3n) is 3.13. The highest BCUT2D eigenvalue weighted by atomic mass is 32.1. The predicted octanol–water partition coefficient (Wildman–Crippen LogP) is 1.79. The molecule has 2 heterocycles. The summed E-state index contributed by atoms with van der Waals surface area (Å²) >= 11 is 1.30. The van der Waals surface area contributed by atoms with Gasteiger partial charge in [-0.1, -0.05) is 29.5 Å². The van der Waals surface area contributed by atoms with Crippen molar-refractivity contribution in [1.29, 1.82) is 0 Å². The van der Waals surface area contributed by atoms with E-state index in [-0.39, 0.29) is 12.5 Å². The van der Waals surface area contributed by atoms with E-state index in [1.165, 1.54) is 11.3 Å². The maximum absolute atomic E-state index is 11.9. The first-order valence-electron chi connectivity index (χ1n) is 7.04. The minimum Gasteiger partial charge on any atom is -0.299 e. The highest BCUT2D eigenvalue weighted by molar-refractivity contribution is 7.13. The van der Waals surface area contributed by atoms with Gasteiger partial charge < -0.3 is 0 Å². The van der Waals surface area contributed by atoms with Gasteiger partial charge in [-0.15, -0.1) is 10.2 Å². The van der Waals surface area contributed by atoms with Gasteiger partial charge in [0, 0.05) is 18.3 Å². The van der Waals surface area contributed by atoms with Crippen molar-refractivity contribution in [2.24, 2.45) is 0 Å². The first-order chi connectivity index (χ1) is 11.2. The van der Waals surface area contributed by atoms with Crippen LogP contribution in [0.4, 0.5) is 5.13 Å². The third-order valence-corrected chi connectivity index (χ3v) is 3.74. The van der Waals surface area contributed by atoms with Gasteiger partial charge in [0.2, 0.25) is 11.0 Å². The molecule has 1 aromatic carbocycles. The molecular weight excluding hydrogens is 312 g/mol. The van der Waals surface area contributed by atoms with Crippen molar-refractivity contribution in [1.82, 2.24) is 24.9 Å².